The van der Waals surface area contributed by atoms with Crippen LogP contribution in [0.1, 0.15) is 65.3 Å². The van der Waals surface area contributed by atoms with Gasteiger partial charge in [0, 0.05) is 31.2 Å². The third kappa shape index (κ3) is 4.67. The second-order valence-corrected chi connectivity index (χ2v) is 7.63. The predicted octanol–water partition coefficient (Wildman–Crippen LogP) is 3.67. The molecule has 0 aliphatic heterocycles. The van der Waals surface area contributed by atoms with Crippen LogP contribution in [0.5, 0.6) is 0 Å². The lowest BCUT2D eigenvalue weighted by atomic mass is 9.56. The van der Waals surface area contributed by atoms with Crippen LogP contribution in [0.3, 0.4) is 0 Å². The van der Waals surface area contributed by atoms with Crippen molar-refractivity contribution in [2.45, 2.75) is 72.1 Å². The fourth-order valence-corrected chi connectivity index (χ4v) is 3.04. The first-order valence-corrected chi connectivity index (χ1v) is 8.79. The average Bonchev–Trinajstić information content (AvgIpc) is 3.01. The Morgan fingerprint density at radius 3 is 2.60 bits per heavy atom. The molecular formula is C18H33IN4O2. The molecule has 2 unspecified atom stereocenters. The normalized spacial score (nSPS) is 25.3. The van der Waals surface area contributed by atoms with E-state index in [9.17, 15) is 0 Å². The molecule has 1 aliphatic carbocycles. The van der Waals surface area contributed by atoms with Gasteiger partial charge in [-0.15, -0.1) is 24.0 Å². The van der Waals surface area contributed by atoms with E-state index in [1.165, 1.54) is 0 Å². The molecule has 25 heavy (non-hydrogen) atoms. The van der Waals surface area contributed by atoms with Crippen LogP contribution in [-0.2, 0) is 11.3 Å². The second kappa shape index (κ2) is 8.70. The highest BCUT2D eigenvalue weighted by Gasteiger charge is 2.58. The van der Waals surface area contributed by atoms with Crippen LogP contribution in [0, 0.1) is 5.41 Å². The van der Waals surface area contributed by atoms with E-state index in [4.69, 9.17) is 9.26 Å². The van der Waals surface area contributed by atoms with Gasteiger partial charge in [0.15, 0.2) is 11.7 Å². The number of guanidine groups is 1. The topological polar surface area (TPSA) is 71.7 Å². The molecule has 1 aliphatic rings. The van der Waals surface area contributed by atoms with Gasteiger partial charge in [0.1, 0.15) is 6.54 Å². The number of halogens is 1. The quantitative estimate of drug-likeness (QED) is 0.382. The van der Waals surface area contributed by atoms with Gasteiger partial charge in [0.25, 0.3) is 0 Å². The van der Waals surface area contributed by atoms with Gasteiger partial charge in [-0.05, 0) is 26.2 Å². The Morgan fingerprint density at radius 2 is 2.12 bits per heavy atom. The van der Waals surface area contributed by atoms with Crippen LogP contribution < -0.4 is 10.6 Å². The maximum Gasteiger partial charge on any atom is 0.191 e. The summed E-state index contributed by atoms with van der Waals surface area (Å²) < 4.78 is 11.1. The van der Waals surface area contributed by atoms with Crippen molar-refractivity contribution in [3.05, 3.63) is 17.5 Å². The molecule has 144 valence electrons. The lowest BCUT2D eigenvalue weighted by molar-refractivity contribution is -0.176. The Bertz CT molecular complexity index is 585. The summed E-state index contributed by atoms with van der Waals surface area (Å²) in [6.45, 7) is 14.2. The lowest BCUT2D eigenvalue weighted by Gasteiger charge is -2.59. The van der Waals surface area contributed by atoms with Crippen molar-refractivity contribution in [2.24, 2.45) is 10.4 Å². The fraction of sp³-hybridized carbons (Fsp3) is 0.778. The molecule has 1 aromatic heterocycles. The maximum atomic E-state index is 5.69. The van der Waals surface area contributed by atoms with Gasteiger partial charge in [-0.25, -0.2) is 4.99 Å². The van der Waals surface area contributed by atoms with Gasteiger partial charge in [-0.3, -0.25) is 0 Å². The van der Waals surface area contributed by atoms with Crippen LogP contribution >= 0.6 is 24.0 Å². The predicted molar refractivity (Wildman–Crippen MR) is 112 cm³/mol. The summed E-state index contributed by atoms with van der Waals surface area (Å²) in [7, 11) is 1.79. The van der Waals surface area contributed by atoms with E-state index in [2.05, 4.69) is 62.3 Å². The largest absolute Gasteiger partial charge is 0.378 e. The molecule has 0 saturated heterocycles. The van der Waals surface area contributed by atoms with E-state index in [1.807, 2.05) is 6.07 Å². The summed E-state index contributed by atoms with van der Waals surface area (Å²) >= 11 is 0. The fourth-order valence-electron chi connectivity index (χ4n) is 3.04. The first-order chi connectivity index (χ1) is 11.2. The summed E-state index contributed by atoms with van der Waals surface area (Å²) in [4.78, 5) is 4.64. The molecule has 0 amide bonds. The third-order valence-corrected chi connectivity index (χ3v) is 5.50. The minimum Gasteiger partial charge on any atom is -0.378 e. The van der Waals surface area contributed by atoms with Crippen molar-refractivity contribution < 1.29 is 9.26 Å². The van der Waals surface area contributed by atoms with E-state index in [-0.39, 0.29) is 35.0 Å². The zero-order valence-corrected chi connectivity index (χ0v) is 18.8. The highest BCUT2D eigenvalue weighted by molar-refractivity contribution is 14.0. The molecule has 0 bridgehead atoms. The minimum absolute atomic E-state index is 0. The molecule has 0 aromatic carbocycles. The molecule has 1 aromatic rings. The second-order valence-electron chi connectivity index (χ2n) is 7.63. The van der Waals surface area contributed by atoms with Gasteiger partial charge in [-0.2, -0.15) is 0 Å². The monoisotopic (exact) mass is 464 g/mol. The standard InChI is InChI=1S/C18H32N4O2.HI/c1-8-19-16(20-11-13-9-14(12(2)3)22-24-13)21-15-10-18(6,23-7)17(15,4)5;/h9,12,15H,8,10-11H2,1-7H3,(H2,19,20,21);1H. The van der Waals surface area contributed by atoms with E-state index < -0.39 is 0 Å². The van der Waals surface area contributed by atoms with Crippen molar-refractivity contribution in [1.82, 2.24) is 15.8 Å². The van der Waals surface area contributed by atoms with Crippen molar-refractivity contribution >= 4 is 29.9 Å². The number of methoxy groups -OCH3 is 1. The number of aliphatic imine (C=N–C) groups is 1. The van der Waals surface area contributed by atoms with E-state index in [1.54, 1.807) is 7.11 Å². The maximum absolute atomic E-state index is 5.69. The molecule has 0 radical (unpaired) electrons. The SMILES string of the molecule is CCNC(=NCc1cc(C(C)C)no1)NC1CC(C)(OC)C1(C)C.I. The molecular weight excluding hydrogens is 431 g/mol. The van der Waals surface area contributed by atoms with Crippen molar-refractivity contribution in [1.29, 1.82) is 0 Å². The molecule has 2 rings (SSSR count). The van der Waals surface area contributed by atoms with E-state index in [0.717, 1.165) is 30.4 Å². The molecule has 7 heteroatoms. The Hall–Kier alpha value is -0.830. The first-order valence-electron chi connectivity index (χ1n) is 8.79. The van der Waals surface area contributed by atoms with Gasteiger partial charge in [-0.1, -0.05) is 32.9 Å². The van der Waals surface area contributed by atoms with Crippen LogP contribution in [0.15, 0.2) is 15.6 Å². The zero-order valence-electron chi connectivity index (χ0n) is 16.5. The average molecular weight is 464 g/mol. The Morgan fingerprint density at radius 1 is 1.44 bits per heavy atom. The van der Waals surface area contributed by atoms with Crippen molar-refractivity contribution in [2.75, 3.05) is 13.7 Å². The molecule has 2 N–H and O–H groups in total. The van der Waals surface area contributed by atoms with Crippen molar-refractivity contribution in [3.63, 3.8) is 0 Å². The van der Waals surface area contributed by atoms with Crippen LogP contribution in [0.2, 0.25) is 0 Å². The minimum atomic E-state index is -0.0981. The number of nitrogens with zero attached hydrogens (tertiary/aromatic N) is 2. The van der Waals surface area contributed by atoms with Crippen LogP contribution in [0.25, 0.3) is 0 Å². The molecule has 1 saturated carbocycles. The smallest absolute Gasteiger partial charge is 0.191 e. The molecule has 2 atom stereocenters. The molecule has 6 nitrogen and oxygen atoms in total. The number of hydrogen-bond donors (Lipinski definition) is 2. The summed E-state index contributed by atoms with van der Waals surface area (Å²) in [5.41, 5.74) is 0.905. The van der Waals surface area contributed by atoms with E-state index >= 15 is 0 Å². The molecule has 1 fully saturated rings. The van der Waals surface area contributed by atoms with Crippen LogP contribution in [0.4, 0.5) is 0 Å². The Kier molecular flexibility index (Phi) is 7.73. The van der Waals surface area contributed by atoms with Crippen molar-refractivity contribution in [3.8, 4) is 0 Å². The van der Waals surface area contributed by atoms with E-state index in [0.29, 0.717) is 18.5 Å². The Labute approximate surface area is 168 Å². The third-order valence-electron chi connectivity index (χ3n) is 5.50. The first kappa shape index (κ1) is 22.2. The number of ether oxygens (including phenoxy) is 1. The summed E-state index contributed by atoms with van der Waals surface area (Å²) in [5, 5.41) is 10.9. The Balaban J connectivity index is 0.00000312. The van der Waals surface area contributed by atoms with Crippen LogP contribution in [-0.4, -0.2) is 36.4 Å². The molecule has 1 heterocycles. The lowest BCUT2D eigenvalue weighted by Crippen LogP contribution is -2.69. The summed E-state index contributed by atoms with van der Waals surface area (Å²) in [6, 6.07) is 2.30. The summed E-state index contributed by atoms with van der Waals surface area (Å²) in [6.07, 6.45) is 0.959. The van der Waals surface area contributed by atoms with Gasteiger partial charge >= 0.3 is 0 Å². The number of nitrogens with one attached hydrogen (secondary N) is 2. The van der Waals surface area contributed by atoms with Gasteiger partial charge < -0.3 is 19.9 Å². The number of aromatic nitrogens is 1. The van der Waals surface area contributed by atoms with Gasteiger partial charge in [0.2, 0.25) is 0 Å². The van der Waals surface area contributed by atoms with Gasteiger partial charge in [0.05, 0.1) is 11.3 Å². The summed E-state index contributed by atoms with van der Waals surface area (Å²) in [5.74, 6) is 1.95. The number of rotatable bonds is 6. The number of hydrogen-bond acceptors (Lipinski definition) is 4. The zero-order chi connectivity index (χ0) is 18.0. The highest BCUT2D eigenvalue weighted by atomic mass is 127. The highest BCUT2D eigenvalue weighted by Crippen LogP contribution is 2.51. The molecule has 0 spiro atoms.